The highest BCUT2D eigenvalue weighted by Gasteiger charge is 2.39. The van der Waals surface area contributed by atoms with E-state index in [0.29, 0.717) is 29.5 Å². The van der Waals surface area contributed by atoms with Crippen LogP contribution in [0.5, 0.6) is 34.5 Å². The molecule has 5 rings (SSSR count). The molecule has 7 heteroatoms. The van der Waals surface area contributed by atoms with Gasteiger partial charge < -0.3 is 28.4 Å². The second-order valence-corrected chi connectivity index (χ2v) is 8.44. The van der Waals surface area contributed by atoms with Crippen LogP contribution in [0.4, 0.5) is 0 Å². The number of nitrogens with one attached hydrogen (secondary N) is 1. The third-order valence-electron chi connectivity index (χ3n) is 6.49. The van der Waals surface area contributed by atoms with Gasteiger partial charge in [-0.15, -0.1) is 0 Å². The highest BCUT2D eigenvalue weighted by Crippen LogP contribution is 2.51. The average molecular weight is 464 g/mol. The summed E-state index contributed by atoms with van der Waals surface area (Å²) in [4.78, 5) is 0. The van der Waals surface area contributed by atoms with E-state index in [-0.39, 0.29) is 24.9 Å². The van der Waals surface area contributed by atoms with E-state index in [0.717, 1.165) is 22.6 Å². The van der Waals surface area contributed by atoms with Gasteiger partial charge in [0.2, 0.25) is 12.5 Å². The fourth-order valence-electron chi connectivity index (χ4n) is 4.79. The number of methoxy groups -OCH3 is 3. The van der Waals surface area contributed by atoms with Crippen molar-refractivity contribution in [2.24, 2.45) is 5.92 Å². The number of fused-ring (bicyclic) bond motifs is 2. The first-order valence-corrected chi connectivity index (χ1v) is 11.3. The Bertz CT molecular complexity index is 1140. The molecule has 7 nitrogen and oxygen atoms in total. The molecule has 34 heavy (non-hydrogen) atoms. The van der Waals surface area contributed by atoms with Crippen molar-refractivity contribution in [2.75, 3.05) is 28.1 Å². The van der Waals surface area contributed by atoms with Crippen LogP contribution < -0.4 is 33.7 Å². The molecule has 2 aliphatic rings. The molecular weight excluding hydrogens is 434 g/mol. The van der Waals surface area contributed by atoms with Crippen molar-refractivity contribution in [3.8, 4) is 34.5 Å². The molecule has 178 valence electrons. The first-order valence-electron chi connectivity index (χ1n) is 11.3. The number of benzene rings is 3. The van der Waals surface area contributed by atoms with Crippen LogP contribution in [0.25, 0.3) is 0 Å². The van der Waals surface area contributed by atoms with Crippen molar-refractivity contribution < 1.29 is 28.4 Å². The maximum atomic E-state index is 6.47. The second-order valence-electron chi connectivity index (χ2n) is 8.44. The Hall–Kier alpha value is -3.58. The zero-order chi connectivity index (χ0) is 23.7. The molecule has 0 saturated heterocycles. The van der Waals surface area contributed by atoms with Crippen LogP contribution in [0.3, 0.4) is 0 Å². The number of rotatable bonds is 7. The summed E-state index contributed by atoms with van der Waals surface area (Å²) < 4.78 is 34.6. The molecule has 3 atom stereocenters. The third kappa shape index (κ3) is 3.96. The van der Waals surface area contributed by atoms with E-state index in [1.54, 1.807) is 21.3 Å². The maximum absolute atomic E-state index is 6.47. The first kappa shape index (κ1) is 22.2. The summed E-state index contributed by atoms with van der Waals surface area (Å²) >= 11 is 0. The SMILES string of the molecule is COc1cc([C@@H]2c3cc4c(cc3O[C@H](NCc3ccccc3)[C@@H]2C)OCO4)cc(OC)c1OC. The molecule has 0 fully saturated rings. The van der Waals surface area contributed by atoms with Gasteiger partial charge in [-0.1, -0.05) is 37.3 Å². The fourth-order valence-corrected chi connectivity index (χ4v) is 4.79. The van der Waals surface area contributed by atoms with Crippen LogP contribution in [-0.2, 0) is 6.54 Å². The molecular formula is C27H29NO6. The lowest BCUT2D eigenvalue weighted by Gasteiger charge is -2.39. The predicted molar refractivity (Wildman–Crippen MR) is 127 cm³/mol. The summed E-state index contributed by atoms with van der Waals surface area (Å²) in [6.07, 6.45) is -0.225. The zero-order valence-electron chi connectivity index (χ0n) is 19.8. The molecule has 3 aromatic rings. The van der Waals surface area contributed by atoms with Crippen molar-refractivity contribution in [3.63, 3.8) is 0 Å². The van der Waals surface area contributed by atoms with Gasteiger partial charge in [-0.05, 0) is 29.3 Å². The lowest BCUT2D eigenvalue weighted by molar-refractivity contribution is 0.0775. The lowest BCUT2D eigenvalue weighted by atomic mass is 9.78. The average Bonchev–Trinajstić information content (AvgIpc) is 3.33. The van der Waals surface area contributed by atoms with Crippen molar-refractivity contribution in [1.82, 2.24) is 5.32 Å². The van der Waals surface area contributed by atoms with Crippen molar-refractivity contribution >= 4 is 0 Å². The maximum Gasteiger partial charge on any atom is 0.231 e. The van der Waals surface area contributed by atoms with Gasteiger partial charge in [0.25, 0.3) is 0 Å². The van der Waals surface area contributed by atoms with Gasteiger partial charge in [-0.2, -0.15) is 0 Å². The zero-order valence-corrected chi connectivity index (χ0v) is 19.8. The molecule has 0 aliphatic carbocycles. The minimum atomic E-state index is -0.225. The minimum Gasteiger partial charge on any atom is -0.493 e. The van der Waals surface area contributed by atoms with Crippen LogP contribution >= 0.6 is 0 Å². The number of ether oxygens (including phenoxy) is 6. The topological polar surface area (TPSA) is 67.4 Å². The monoisotopic (exact) mass is 463 g/mol. The molecule has 0 spiro atoms. The number of hydrogen-bond acceptors (Lipinski definition) is 7. The Labute approximate surface area is 199 Å². The molecule has 0 bridgehead atoms. The molecule has 0 radical (unpaired) electrons. The summed E-state index contributed by atoms with van der Waals surface area (Å²) in [7, 11) is 4.87. The molecule has 0 amide bonds. The summed E-state index contributed by atoms with van der Waals surface area (Å²) in [6.45, 7) is 3.08. The molecule has 2 heterocycles. The Kier molecular flexibility index (Phi) is 6.11. The standard InChI is InChI=1S/C27H29NO6/c1-16-25(18-10-23(29-2)26(31-4)24(11-18)30-3)19-12-21-22(33-15-32-21)13-20(19)34-27(16)28-14-17-8-6-5-7-9-17/h5-13,16,25,27-28H,14-15H2,1-4H3/t16-,25-,27+/m1/s1. The fraction of sp³-hybridized carbons (Fsp3) is 0.333. The molecule has 0 saturated carbocycles. The summed E-state index contributed by atoms with van der Waals surface area (Å²) in [5.41, 5.74) is 3.26. The Morgan fingerprint density at radius 3 is 2.18 bits per heavy atom. The Balaban J connectivity index is 1.57. The van der Waals surface area contributed by atoms with E-state index in [1.807, 2.05) is 42.5 Å². The molecule has 0 unspecified atom stereocenters. The predicted octanol–water partition coefficient (Wildman–Crippen LogP) is 4.72. The van der Waals surface area contributed by atoms with E-state index in [4.69, 9.17) is 28.4 Å². The van der Waals surface area contributed by atoms with Crippen LogP contribution in [-0.4, -0.2) is 34.4 Å². The van der Waals surface area contributed by atoms with Gasteiger partial charge in [0.05, 0.1) is 21.3 Å². The second kappa shape index (κ2) is 9.35. The van der Waals surface area contributed by atoms with Crippen molar-refractivity contribution in [1.29, 1.82) is 0 Å². The molecule has 2 aliphatic heterocycles. The van der Waals surface area contributed by atoms with Crippen molar-refractivity contribution in [3.05, 3.63) is 71.3 Å². The minimum absolute atomic E-state index is 0.0137. The van der Waals surface area contributed by atoms with Gasteiger partial charge in [0.15, 0.2) is 29.2 Å². The quantitative estimate of drug-likeness (QED) is 0.544. The van der Waals surface area contributed by atoms with Crippen LogP contribution in [0, 0.1) is 5.92 Å². The van der Waals surface area contributed by atoms with E-state index in [9.17, 15) is 0 Å². The highest BCUT2D eigenvalue weighted by molar-refractivity contribution is 5.60. The van der Waals surface area contributed by atoms with E-state index < -0.39 is 0 Å². The first-order chi connectivity index (χ1) is 16.6. The molecule has 0 aromatic heterocycles. The van der Waals surface area contributed by atoms with Gasteiger partial charge >= 0.3 is 0 Å². The van der Waals surface area contributed by atoms with Crippen LogP contribution in [0.2, 0.25) is 0 Å². The number of hydrogen-bond donors (Lipinski definition) is 1. The largest absolute Gasteiger partial charge is 0.493 e. The van der Waals surface area contributed by atoms with Crippen molar-refractivity contribution in [2.45, 2.75) is 25.6 Å². The van der Waals surface area contributed by atoms with Gasteiger partial charge in [-0.25, -0.2) is 0 Å². The molecule has 1 N–H and O–H groups in total. The normalized spacial score (nSPS) is 20.3. The smallest absolute Gasteiger partial charge is 0.231 e. The van der Waals surface area contributed by atoms with Crippen LogP contribution in [0.15, 0.2) is 54.6 Å². The Morgan fingerprint density at radius 2 is 1.53 bits per heavy atom. The van der Waals surface area contributed by atoms with E-state index in [2.05, 4.69) is 24.4 Å². The summed E-state index contributed by atoms with van der Waals surface area (Å²) in [5.74, 6) is 4.06. The van der Waals surface area contributed by atoms with E-state index in [1.165, 1.54) is 5.56 Å². The van der Waals surface area contributed by atoms with E-state index >= 15 is 0 Å². The highest BCUT2D eigenvalue weighted by atomic mass is 16.7. The van der Waals surface area contributed by atoms with Gasteiger partial charge in [0.1, 0.15) is 5.75 Å². The Morgan fingerprint density at radius 1 is 0.853 bits per heavy atom. The van der Waals surface area contributed by atoms with Gasteiger partial charge in [-0.3, -0.25) is 5.32 Å². The molecule has 3 aromatic carbocycles. The van der Waals surface area contributed by atoms with Crippen LogP contribution in [0.1, 0.15) is 29.5 Å². The summed E-state index contributed by atoms with van der Waals surface area (Å²) in [5, 5.41) is 3.59. The third-order valence-corrected chi connectivity index (χ3v) is 6.49. The summed E-state index contributed by atoms with van der Waals surface area (Å²) in [6, 6.07) is 18.3. The van der Waals surface area contributed by atoms with Gasteiger partial charge in [0, 0.05) is 30.0 Å². The lowest BCUT2D eigenvalue weighted by Crippen LogP contribution is -2.45.